The fraction of sp³-hybridized carbons (Fsp3) is 0.619. The number of nitrogens with one attached hydrogen (secondary N) is 2. The number of aliphatic hydroxyl groups excluding tert-OH is 1. The molecule has 0 rings (SSSR count). The third kappa shape index (κ3) is 33.2. The van der Waals surface area contributed by atoms with E-state index >= 15 is 0 Å². The Hall–Kier alpha value is -3.72. The van der Waals surface area contributed by atoms with Crippen LogP contribution in [0.25, 0.3) is 0 Å². The first kappa shape index (κ1) is 47.3. The van der Waals surface area contributed by atoms with Gasteiger partial charge in [-0.15, -0.1) is 0 Å². The van der Waals surface area contributed by atoms with Crippen LogP contribution in [0.5, 0.6) is 0 Å². The second kappa shape index (κ2) is 36.1. The minimum absolute atomic E-state index is 0.176. The van der Waals surface area contributed by atoms with Crippen molar-refractivity contribution in [2.45, 2.75) is 154 Å². The Labute approximate surface area is 308 Å². The lowest BCUT2D eigenvalue weighted by atomic mass is 10.1. The summed E-state index contributed by atoms with van der Waals surface area (Å²) in [5.74, 6) is -2.45. The molecule has 0 spiro atoms. The quantitative estimate of drug-likeness (QED) is 0.0303. The maximum Gasteiger partial charge on any atom is 0.328 e. The Bertz CT molecular complexity index is 1090. The van der Waals surface area contributed by atoms with Crippen molar-refractivity contribution in [3.05, 3.63) is 72.9 Å². The number of aliphatic carboxylic acids is 1. The van der Waals surface area contributed by atoms with Crippen molar-refractivity contribution in [1.29, 1.82) is 0 Å². The number of hydrogen-bond donors (Lipinski definition) is 4. The molecule has 0 aliphatic carbocycles. The van der Waals surface area contributed by atoms with Crippen molar-refractivity contribution in [3.63, 3.8) is 0 Å². The van der Waals surface area contributed by atoms with Gasteiger partial charge in [0, 0.05) is 12.8 Å². The lowest BCUT2D eigenvalue weighted by Crippen LogP contribution is -2.47. The van der Waals surface area contributed by atoms with Gasteiger partial charge in [0.25, 0.3) is 0 Å². The van der Waals surface area contributed by atoms with E-state index in [1.807, 2.05) is 12.2 Å². The van der Waals surface area contributed by atoms with Crippen molar-refractivity contribution in [2.75, 3.05) is 13.2 Å². The van der Waals surface area contributed by atoms with Crippen LogP contribution in [0, 0.1) is 0 Å². The Morgan fingerprint density at radius 3 is 1.82 bits per heavy atom. The van der Waals surface area contributed by atoms with E-state index in [0.717, 1.165) is 77.0 Å². The van der Waals surface area contributed by atoms with Crippen LogP contribution in [0.2, 0.25) is 0 Å². The molecule has 0 aromatic carbocycles. The van der Waals surface area contributed by atoms with E-state index in [1.54, 1.807) is 0 Å². The van der Waals surface area contributed by atoms with Gasteiger partial charge in [-0.3, -0.25) is 14.4 Å². The molecule has 51 heavy (non-hydrogen) atoms. The van der Waals surface area contributed by atoms with Gasteiger partial charge in [0.15, 0.2) is 0 Å². The number of carboxylic acids is 1. The van der Waals surface area contributed by atoms with Gasteiger partial charge in [-0.2, -0.15) is 0 Å². The van der Waals surface area contributed by atoms with Gasteiger partial charge in [-0.25, -0.2) is 4.79 Å². The normalized spacial score (nSPS) is 13.3. The topological polar surface area (TPSA) is 142 Å². The van der Waals surface area contributed by atoms with Crippen molar-refractivity contribution >= 4 is 23.8 Å². The minimum Gasteiger partial charge on any atom is -0.480 e. The summed E-state index contributed by atoms with van der Waals surface area (Å²) in [6.45, 7) is 3.30. The monoisotopic (exact) mass is 713 g/mol. The average Bonchev–Trinajstić information content (AvgIpc) is 3.11. The predicted octanol–water partition coefficient (Wildman–Crippen LogP) is 8.76. The minimum atomic E-state index is -1.39. The summed E-state index contributed by atoms with van der Waals surface area (Å²) in [5, 5.41) is 22.5. The van der Waals surface area contributed by atoms with Crippen LogP contribution in [0.15, 0.2) is 72.9 Å². The number of carbonyl (C=O) groups excluding carboxylic acids is 3. The largest absolute Gasteiger partial charge is 0.480 e. The molecule has 0 saturated carbocycles. The molecule has 9 nitrogen and oxygen atoms in total. The van der Waals surface area contributed by atoms with Crippen molar-refractivity contribution in [1.82, 2.24) is 10.6 Å². The first-order chi connectivity index (χ1) is 24.8. The number of unbranched alkanes of at least 4 members (excludes halogenated alkanes) is 9. The molecular weight excluding hydrogens is 644 g/mol. The third-order valence-corrected chi connectivity index (χ3v) is 7.94. The van der Waals surface area contributed by atoms with Gasteiger partial charge >= 0.3 is 11.9 Å². The second-order valence-electron chi connectivity index (χ2n) is 12.6. The maximum atomic E-state index is 12.6. The fourth-order valence-corrected chi connectivity index (χ4v) is 4.97. The maximum absolute atomic E-state index is 12.6. The van der Waals surface area contributed by atoms with E-state index in [0.29, 0.717) is 19.3 Å². The number of allylic oxidation sites excluding steroid dienone is 11. The second-order valence-corrected chi connectivity index (χ2v) is 12.6. The average molecular weight is 713 g/mol. The van der Waals surface area contributed by atoms with Gasteiger partial charge in [-0.1, -0.05) is 126 Å². The van der Waals surface area contributed by atoms with E-state index in [9.17, 15) is 19.2 Å². The molecule has 0 aromatic rings. The molecule has 0 aliphatic heterocycles. The van der Waals surface area contributed by atoms with Crippen LogP contribution in [-0.2, 0) is 23.9 Å². The number of ether oxygens (including phenoxy) is 1. The first-order valence-corrected chi connectivity index (χ1v) is 19.3. The summed E-state index contributed by atoms with van der Waals surface area (Å²) in [6, 6.07) is -1.39. The number of carbonyl (C=O) groups is 4. The molecule has 0 bridgehead atoms. The lowest BCUT2D eigenvalue weighted by molar-refractivity contribution is -0.147. The molecule has 0 heterocycles. The molecule has 2 unspecified atom stereocenters. The summed E-state index contributed by atoms with van der Waals surface area (Å²) >= 11 is 0. The van der Waals surface area contributed by atoms with Crippen LogP contribution in [0.3, 0.4) is 0 Å². The van der Waals surface area contributed by atoms with Gasteiger partial charge in [0.05, 0.1) is 13.2 Å². The van der Waals surface area contributed by atoms with E-state index < -0.39 is 24.5 Å². The molecule has 2 atom stereocenters. The van der Waals surface area contributed by atoms with Crippen LogP contribution < -0.4 is 10.6 Å². The zero-order chi connectivity index (χ0) is 37.6. The zero-order valence-electron chi connectivity index (χ0n) is 31.6. The molecule has 9 heteroatoms. The molecule has 288 valence electrons. The SMILES string of the molecule is CC/C=C\C/C=C\C/C=C\C/C=C\CCC(=O)OC(/C=C\C/C=C\CCCCCC)CCCCCCCCC(=O)NCC(=O)NC(CO)C(=O)O. The fourth-order valence-electron chi connectivity index (χ4n) is 4.97. The Balaban J connectivity index is 4.45. The van der Waals surface area contributed by atoms with Crippen LogP contribution >= 0.6 is 0 Å². The van der Waals surface area contributed by atoms with Crippen LogP contribution in [-0.4, -0.2) is 59.3 Å². The van der Waals surface area contributed by atoms with Crippen LogP contribution in [0.1, 0.15) is 142 Å². The van der Waals surface area contributed by atoms with Crippen molar-refractivity contribution in [3.8, 4) is 0 Å². The third-order valence-electron chi connectivity index (χ3n) is 7.94. The summed E-state index contributed by atoms with van der Waals surface area (Å²) in [4.78, 5) is 47.2. The highest BCUT2D eigenvalue weighted by atomic mass is 16.5. The molecule has 2 amide bonds. The van der Waals surface area contributed by atoms with Gasteiger partial charge in [0.2, 0.25) is 11.8 Å². The molecule has 0 fully saturated rings. The van der Waals surface area contributed by atoms with E-state index in [-0.39, 0.29) is 30.9 Å². The summed E-state index contributed by atoms with van der Waals surface area (Å²) in [6.07, 6.45) is 43.8. The molecule has 0 aromatic heterocycles. The number of amides is 2. The highest BCUT2D eigenvalue weighted by Gasteiger charge is 2.18. The molecule has 4 N–H and O–H groups in total. The van der Waals surface area contributed by atoms with E-state index in [4.69, 9.17) is 14.9 Å². The number of carboxylic acid groups (broad SMARTS) is 1. The van der Waals surface area contributed by atoms with Gasteiger partial charge in [0.1, 0.15) is 12.1 Å². The van der Waals surface area contributed by atoms with Crippen molar-refractivity contribution in [2.24, 2.45) is 0 Å². The Kier molecular flexibility index (Phi) is 33.5. The Morgan fingerprint density at radius 2 is 1.20 bits per heavy atom. The highest BCUT2D eigenvalue weighted by Crippen LogP contribution is 2.14. The standard InChI is InChI=1S/C42H68N2O7/c1-3-5-7-9-11-13-14-15-16-18-20-26-30-34-41(48)51-37(31-27-23-19-17-12-10-8-6-4-2)32-28-24-21-22-25-29-33-39(46)43-35-40(47)44-38(36-45)42(49)50/h5,7,11,13,15-17,19-20,26-27,31,37-38,45H,3-4,6,8-10,12,14,18,21-25,28-30,32-36H2,1-2H3,(H,43,46)(H,44,47)(H,49,50)/b7-5-,13-11-,16-15-,19-17-,26-20-,31-27-. The number of esters is 1. The van der Waals surface area contributed by atoms with Gasteiger partial charge in [-0.05, 0) is 76.7 Å². The highest BCUT2D eigenvalue weighted by molar-refractivity contribution is 5.87. The summed E-state index contributed by atoms with van der Waals surface area (Å²) < 4.78 is 5.86. The van der Waals surface area contributed by atoms with Crippen LogP contribution in [0.4, 0.5) is 0 Å². The van der Waals surface area contributed by atoms with Crippen molar-refractivity contribution < 1.29 is 34.1 Å². The van der Waals surface area contributed by atoms with Gasteiger partial charge < -0.3 is 25.6 Å². The molecular formula is C42H68N2O7. The summed E-state index contributed by atoms with van der Waals surface area (Å²) in [5.41, 5.74) is 0. The summed E-state index contributed by atoms with van der Waals surface area (Å²) in [7, 11) is 0. The molecule has 0 radical (unpaired) electrons. The van der Waals surface area contributed by atoms with E-state index in [2.05, 4.69) is 85.2 Å². The number of rotatable bonds is 33. The molecule has 0 saturated heterocycles. The molecule has 0 aliphatic rings. The van der Waals surface area contributed by atoms with E-state index in [1.165, 1.54) is 25.7 Å². The zero-order valence-corrected chi connectivity index (χ0v) is 31.6. The smallest absolute Gasteiger partial charge is 0.328 e. The predicted molar refractivity (Wildman–Crippen MR) is 208 cm³/mol. The first-order valence-electron chi connectivity index (χ1n) is 19.3. The Morgan fingerprint density at radius 1 is 0.627 bits per heavy atom. The number of aliphatic hydroxyl groups is 1. The number of hydrogen-bond acceptors (Lipinski definition) is 6. The lowest BCUT2D eigenvalue weighted by Gasteiger charge is -2.14.